The summed E-state index contributed by atoms with van der Waals surface area (Å²) < 4.78 is 0. The molecule has 1 aromatic carbocycles. The Hall–Kier alpha value is -1.11. The van der Waals surface area contributed by atoms with Gasteiger partial charge in [0, 0.05) is 10.8 Å². The fourth-order valence-electron chi connectivity index (χ4n) is 1.66. The van der Waals surface area contributed by atoms with Crippen molar-refractivity contribution in [1.82, 2.24) is 0 Å². The van der Waals surface area contributed by atoms with Crippen molar-refractivity contribution in [2.45, 2.75) is 40.0 Å². The van der Waals surface area contributed by atoms with Crippen molar-refractivity contribution >= 4 is 5.78 Å². The molecule has 1 aromatic rings. The van der Waals surface area contributed by atoms with Gasteiger partial charge in [0.25, 0.3) is 0 Å². The van der Waals surface area contributed by atoms with Gasteiger partial charge in [-0.1, -0.05) is 58.0 Å². The lowest BCUT2D eigenvalue weighted by atomic mass is 9.62. The van der Waals surface area contributed by atoms with Crippen LogP contribution in [0.5, 0.6) is 0 Å². The van der Waals surface area contributed by atoms with Crippen LogP contribution in [0.25, 0.3) is 0 Å². The molecule has 15 heavy (non-hydrogen) atoms. The second-order valence-electron chi connectivity index (χ2n) is 5.17. The lowest BCUT2D eigenvalue weighted by molar-refractivity contribution is -0.128. The summed E-state index contributed by atoms with van der Waals surface area (Å²) in [5.74, 6) is 0.233. The Morgan fingerprint density at radius 3 is 1.87 bits per heavy atom. The molecule has 0 heterocycles. The number of carbonyl (C=O) groups excluding carboxylic acids is 1. The van der Waals surface area contributed by atoms with Gasteiger partial charge < -0.3 is 0 Å². The molecule has 1 rings (SSSR count). The maximum atomic E-state index is 11.7. The topological polar surface area (TPSA) is 17.1 Å². The molecule has 0 aliphatic heterocycles. The van der Waals surface area contributed by atoms with Gasteiger partial charge in [-0.2, -0.15) is 0 Å². The van der Waals surface area contributed by atoms with Gasteiger partial charge >= 0.3 is 0 Å². The smallest absolute Gasteiger partial charge is 0.136 e. The first-order chi connectivity index (χ1) is 6.80. The molecule has 0 aliphatic rings. The third-order valence-electron chi connectivity index (χ3n) is 3.94. The Kier molecular flexibility index (Phi) is 3.03. The first kappa shape index (κ1) is 12.0. The molecule has 0 atom stereocenters. The predicted octanol–water partition coefficient (Wildman–Crippen LogP) is 3.58. The van der Waals surface area contributed by atoms with E-state index in [0.29, 0.717) is 0 Å². The van der Waals surface area contributed by atoms with Gasteiger partial charge in [0.15, 0.2) is 0 Å². The van der Waals surface area contributed by atoms with Crippen LogP contribution in [-0.2, 0) is 10.2 Å². The Morgan fingerprint density at radius 1 is 1.00 bits per heavy atom. The summed E-state index contributed by atoms with van der Waals surface area (Å²) in [7, 11) is 0. The normalized spacial score (nSPS) is 12.6. The zero-order chi connectivity index (χ0) is 11.7. The molecule has 0 bridgehead atoms. The minimum atomic E-state index is -0.339. The van der Waals surface area contributed by atoms with Crippen molar-refractivity contribution in [3.63, 3.8) is 0 Å². The van der Waals surface area contributed by atoms with Crippen molar-refractivity contribution in [1.29, 1.82) is 0 Å². The predicted molar refractivity (Wildman–Crippen MR) is 63.9 cm³/mol. The molecule has 0 aromatic heterocycles. The van der Waals surface area contributed by atoms with Gasteiger partial charge in [-0.15, -0.1) is 0 Å². The third kappa shape index (κ3) is 1.97. The van der Waals surface area contributed by atoms with Crippen LogP contribution in [0.4, 0.5) is 0 Å². The number of ketones is 1. The van der Waals surface area contributed by atoms with E-state index >= 15 is 0 Å². The zero-order valence-electron chi connectivity index (χ0n) is 10.3. The summed E-state index contributed by atoms with van der Waals surface area (Å²) in [4.78, 5) is 11.7. The maximum Gasteiger partial charge on any atom is 0.136 e. The third-order valence-corrected chi connectivity index (χ3v) is 3.94. The average molecular weight is 204 g/mol. The van der Waals surface area contributed by atoms with Gasteiger partial charge in [0.1, 0.15) is 5.78 Å². The first-order valence-corrected chi connectivity index (χ1v) is 5.36. The second kappa shape index (κ2) is 3.80. The number of benzene rings is 1. The minimum Gasteiger partial charge on any atom is -0.299 e. The summed E-state index contributed by atoms with van der Waals surface area (Å²) in [5.41, 5.74) is 0.735. The highest BCUT2D eigenvalue weighted by Crippen LogP contribution is 2.41. The zero-order valence-corrected chi connectivity index (χ0v) is 10.3. The summed E-state index contributed by atoms with van der Waals surface area (Å²) in [6.07, 6.45) is 0. The highest BCUT2D eigenvalue weighted by atomic mass is 16.1. The van der Waals surface area contributed by atoms with Gasteiger partial charge in [-0.05, 0) is 12.5 Å². The number of hydrogen-bond acceptors (Lipinski definition) is 1. The van der Waals surface area contributed by atoms with E-state index in [1.165, 1.54) is 5.56 Å². The van der Waals surface area contributed by atoms with Crippen molar-refractivity contribution in [3.05, 3.63) is 35.9 Å². The molecule has 1 nitrogen and oxygen atoms in total. The van der Waals surface area contributed by atoms with E-state index in [-0.39, 0.29) is 16.6 Å². The number of Topliss-reactive ketones (excluding diaryl/α,β-unsaturated/α-hetero) is 1. The highest BCUT2D eigenvalue weighted by Gasteiger charge is 2.41. The first-order valence-electron chi connectivity index (χ1n) is 5.36. The quantitative estimate of drug-likeness (QED) is 0.735. The highest BCUT2D eigenvalue weighted by molar-refractivity contribution is 5.83. The Balaban J connectivity index is 3.19. The molecule has 0 saturated heterocycles. The lowest BCUT2D eigenvalue weighted by Crippen LogP contribution is -2.41. The van der Waals surface area contributed by atoms with Gasteiger partial charge in [0.05, 0.1) is 0 Å². The number of carbonyl (C=O) groups is 1. The Morgan fingerprint density at radius 2 is 1.47 bits per heavy atom. The molecular formula is C14H20O. The maximum absolute atomic E-state index is 11.7. The molecular weight excluding hydrogens is 184 g/mol. The van der Waals surface area contributed by atoms with Crippen LogP contribution in [0, 0.1) is 5.41 Å². The Bertz CT molecular complexity index is 347. The SMILES string of the molecule is CC(=O)C(C)(C)C(C)(C)c1ccccc1. The van der Waals surface area contributed by atoms with Crippen LogP contribution >= 0.6 is 0 Å². The molecule has 82 valence electrons. The van der Waals surface area contributed by atoms with E-state index in [1.54, 1.807) is 6.92 Å². The van der Waals surface area contributed by atoms with Crippen LogP contribution in [0.15, 0.2) is 30.3 Å². The van der Waals surface area contributed by atoms with E-state index in [0.717, 1.165) is 0 Å². The van der Waals surface area contributed by atoms with E-state index in [9.17, 15) is 4.79 Å². The fraction of sp³-hybridized carbons (Fsp3) is 0.500. The van der Waals surface area contributed by atoms with E-state index in [4.69, 9.17) is 0 Å². The summed E-state index contributed by atoms with van der Waals surface area (Å²) in [6, 6.07) is 10.2. The van der Waals surface area contributed by atoms with Crippen molar-refractivity contribution in [2.24, 2.45) is 5.41 Å². The van der Waals surface area contributed by atoms with E-state index in [1.807, 2.05) is 32.0 Å². The van der Waals surface area contributed by atoms with Gasteiger partial charge in [-0.3, -0.25) is 4.79 Å². The molecule has 0 fully saturated rings. The fourth-order valence-corrected chi connectivity index (χ4v) is 1.66. The van der Waals surface area contributed by atoms with Gasteiger partial charge in [-0.25, -0.2) is 0 Å². The monoisotopic (exact) mass is 204 g/mol. The second-order valence-corrected chi connectivity index (χ2v) is 5.17. The molecule has 0 N–H and O–H groups in total. The van der Waals surface area contributed by atoms with Crippen LogP contribution in [-0.4, -0.2) is 5.78 Å². The number of hydrogen-bond donors (Lipinski definition) is 0. The lowest BCUT2D eigenvalue weighted by Gasteiger charge is -2.40. The van der Waals surface area contributed by atoms with Crippen molar-refractivity contribution in [2.75, 3.05) is 0 Å². The van der Waals surface area contributed by atoms with E-state index in [2.05, 4.69) is 26.0 Å². The van der Waals surface area contributed by atoms with E-state index < -0.39 is 0 Å². The van der Waals surface area contributed by atoms with Crippen LogP contribution in [0.1, 0.15) is 40.2 Å². The molecule has 0 spiro atoms. The summed E-state index contributed by atoms with van der Waals surface area (Å²) in [5, 5.41) is 0. The standard InChI is InChI=1S/C14H20O/c1-11(15)13(2,3)14(4,5)12-9-7-6-8-10-12/h6-10H,1-5H3. The van der Waals surface area contributed by atoms with Crippen molar-refractivity contribution < 1.29 is 4.79 Å². The summed E-state index contributed by atoms with van der Waals surface area (Å²) in [6.45, 7) is 9.96. The molecule has 0 amide bonds. The minimum absolute atomic E-state index is 0.139. The largest absolute Gasteiger partial charge is 0.299 e. The number of rotatable bonds is 3. The summed E-state index contributed by atoms with van der Waals surface area (Å²) >= 11 is 0. The molecule has 0 saturated carbocycles. The van der Waals surface area contributed by atoms with Crippen LogP contribution in [0.2, 0.25) is 0 Å². The molecule has 1 heteroatoms. The van der Waals surface area contributed by atoms with Crippen molar-refractivity contribution in [3.8, 4) is 0 Å². The molecule has 0 aliphatic carbocycles. The molecule has 0 radical (unpaired) electrons. The Labute approximate surface area is 92.5 Å². The van der Waals surface area contributed by atoms with Gasteiger partial charge in [0.2, 0.25) is 0 Å². The van der Waals surface area contributed by atoms with Crippen LogP contribution in [0.3, 0.4) is 0 Å². The van der Waals surface area contributed by atoms with Crippen LogP contribution < -0.4 is 0 Å². The average Bonchev–Trinajstić information content (AvgIpc) is 2.18. The molecule has 0 unspecified atom stereocenters.